The van der Waals surface area contributed by atoms with E-state index in [1.807, 2.05) is 78.9 Å². The molecule has 0 radical (unpaired) electrons. The van der Waals surface area contributed by atoms with Gasteiger partial charge in [0, 0.05) is 63.5 Å². The molecule has 0 saturated heterocycles. The summed E-state index contributed by atoms with van der Waals surface area (Å²) < 4.78 is 1.07. The number of carboxylic acids is 1. The average Bonchev–Trinajstić information content (AvgIpc) is 3.29. The summed E-state index contributed by atoms with van der Waals surface area (Å²) in [7, 11) is 2.98. The monoisotopic (exact) mass is 927 g/mol. The number of aromatic nitrogens is 6. The molecule has 8 rings (SSSR count). The van der Waals surface area contributed by atoms with Crippen LogP contribution in [-0.2, 0) is 38.4 Å². The van der Waals surface area contributed by atoms with E-state index in [-0.39, 0.29) is 42.7 Å². The van der Waals surface area contributed by atoms with E-state index < -0.39 is 5.97 Å². The van der Waals surface area contributed by atoms with Crippen molar-refractivity contribution >= 4 is 68.5 Å². The van der Waals surface area contributed by atoms with Crippen molar-refractivity contribution < 1.29 is 24.3 Å². The summed E-state index contributed by atoms with van der Waals surface area (Å²) in [6.07, 6.45) is 3.33. The van der Waals surface area contributed by atoms with E-state index in [1.54, 1.807) is 18.2 Å². The second-order valence-corrected chi connectivity index (χ2v) is 15.0. The Morgan fingerprint density at radius 1 is 0.578 bits per heavy atom. The van der Waals surface area contributed by atoms with Crippen LogP contribution in [0.25, 0.3) is 0 Å². The number of hydrogen-bond donors (Lipinski definition) is 4. The topological polar surface area (TPSA) is 261 Å². The lowest BCUT2D eigenvalue weighted by Crippen LogP contribution is -2.34. The van der Waals surface area contributed by atoms with E-state index in [0.717, 1.165) is 45.0 Å². The number of nitrogen functional groups attached to an aromatic ring is 2. The Balaban J connectivity index is 0.000000168. The molecule has 0 atom stereocenters. The largest absolute Gasteiger partial charge is 0.477 e. The number of hydrazone groups is 2. The van der Waals surface area contributed by atoms with Gasteiger partial charge in [-0.3, -0.25) is 14.4 Å². The maximum absolute atomic E-state index is 12.1. The van der Waals surface area contributed by atoms with Crippen molar-refractivity contribution in [2.24, 2.45) is 10.2 Å². The predicted octanol–water partition coefficient (Wildman–Crippen LogP) is 5.36. The minimum absolute atomic E-state index is 0.0482. The quantitative estimate of drug-likeness (QED) is 0.143. The number of carbonyl (C=O) groups is 4. The Labute approximate surface area is 377 Å². The van der Waals surface area contributed by atoms with Crippen LogP contribution < -0.4 is 16.8 Å². The molecule has 64 heavy (non-hydrogen) atoms. The van der Waals surface area contributed by atoms with Crippen LogP contribution >= 0.6 is 15.9 Å². The predicted molar refractivity (Wildman–Crippen MR) is 246 cm³/mol. The van der Waals surface area contributed by atoms with E-state index >= 15 is 0 Å². The average molecular weight is 929 g/mol. The molecule has 0 spiro atoms. The minimum Gasteiger partial charge on any atom is -0.477 e. The SMILES string of the molecule is CN1N=C(C(=O)Nc2ccc(Cc3ccccc3)nn2)CCC1=O.CN1N=C(C(=O)O)CCC1=O.Nc1ccc(Cc2cccc(Br)c2)nn1.Nc1ccc(Cc2ccccc2)nn1. The van der Waals surface area contributed by atoms with Gasteiger partial charge in [-0.2, -0.15) is 25.5 Å². The first-order valence-corrected chi connectivity index (χ1v) is 20.6. The van der Waals surface area contributed by atoms with Crippen molar-refractivity contribution in [1.29, 1.82) is 0 Å². The summed E-state index contributed by atoms with van der Waals surface area (Å²) in [5.41, 5.74) is 17.5. The maximum Gasteiger partial charge on any atom is 0.352 e. The summed E-state index contributed by atoms with van der Waals surface area (Å²) in [5.74, 6) is -0.385. The number of nitrogens with two attached hydrogens (primary N) is 2. The smallest absolute Gasteiger partial charge is 0.352 e. The van der Waals surface area contributed by atoms with Crippen LogP contribution in [0.1, 0.15) is 59.5 Å². The number of nitrogens with one attached hydrogen (secondary N) is 1. The first-order chi connectivity index (χ1) is 30.8. The van der Waals surface area contributed by atoms with Crippen molar-refractivity contribution in [2.45, 2.75) is 44.9 Å². The standard InChI is InChI=1S/C17H17N5O2.C11H10BrN3.C11H11N3.C6H8N2O3/c1-22-16(23)10-8-14(21-22)17(24)18-15-9-7-13(19-20-15)11-12-5-3-2-4-6-12;12-9-3-1-2-8(6-9)7-10-4-5-11(13)15-14-10;12-11-7-6-10(13-14-11)8-9-4-2-1-3-5-9;1-8-5(9)3-2-4(7-8)6(10)11/h2-7,9H,8,10-11H2,1H3,(H,18,20,24);1-6H,7H2,(H2,13,15);1-7H,8H2,(H2,12,14);2-3H2,1H3,(H,10,11). The Morgan fingerprint density at radius 3 is 1.47 bits per heavy atom. The molecule has 19 heteroatoms. The van der Waals surface area contributed by atoms with Crippen LogP contribution in [0.4, 0.5) is 17.5 Å². The van der Waals surface area contributed by atoms with Crippen molar-refractivity contribution in [2.75, 3.05) is 30.9 Å². The Morgan fingerprint density at radius 2 is 1.03 bits per heavy atom. The van der Waals surface area contributed by atoms with E-state index in [4.69, 9.17) is 16.6 Å². The minimum atomic E-state index is -1.05. The third-order valence-corrected chi connectivity index (χ3v) is 9.59. The van der Waals surface area contributed by atoms with Crippen molar-refractivity contribution in [3.05, 3.63) is 160 Å². The molecule has 18 nitrogen and oxygen atoms in total. The molecule has 6 aromatic rings. The number of aliphatic carboxylic acids is 1. The second kappa shape index (κ2) is 24.0. The van der Waals surface area contributed by atoms with Gasteiger partial charge in [0.15, 0.2) is 5.82 Å². The number of carboxylic acid groups (broad SMARTS) is 1. The van der Waals surface area contributed by atoms with Gasteiger partial charge in [-0.15, -0.1) is 15.3 Å². The summed E-state index contributed by atoms with van der Waals surface area (Å²) >= 11 is 3.43. The number of rotatable bonds is 9. The highest BCUT2D eigenvalue weighted by atomic mass is 79.9. The van der Waals surface area contributed by atoms with Gasteiger partial charge in [-0.25, -0.2) is 14.8 Å². The molecule has 328 valence electrons. The fourth-order valence-electron chi connectivity index (χ4n) is 5.76. The molecule has 6 N–H and O–H groups in total. The Bertz CT molecular complexity index is 2550. The van der Waals surface area contributed by atoms with Crippen molar-refractivity contribution in [1.82, 2.24) is 40.6 Å². The molecule has 3 amide bonds. The number of anilines is 3. The molecule has 0 saturated carbocycles. The highest BCUT2D eigenvalue weighted by molar-refractivity contribution is 9.10. The lowest BCUT2D eigenvalue weighted by atomic mass is 10.1. The molecular weight excluding hydrogens is 882 g/mol. The van der Waals surface area contributed by atoms with Crippen LogP contribution in [0.2, 0.25) is 0 Å². The van der Waals surface area contributed by atoms with Gasteiger partial charge in [-0.1, -0.05) is 88.7 Å². The lowest BCUT2D eigenvalue weighted by Gasteiger charge is -2.18. The molecule has 0 unspecified atom stereocenters. The first-order valence-electron chi connectivity index (χ1n) is 19.8. The second-order valence-electron chi connectivity index (χ2n) is 14.1. The first kappa shape index (κ1) is 47.3. The van der Waals surface area contributed by atoms with E-state index in [9.17, 15) is 19.2 Å². The zero-order valence-corrected chi connectivity index (χ0v) is 36.7. The van der Waals surface area contributed by atoms with Gasteiger partial charge >= 0.3 is 5.97 Å². The molecule has 0 fully saturated rings. The third kappa shape index (κ3) is 15.9. The number of hydrogen-bond acceptors (Lipinski definition) is 14. The summed E-state index contributed by atoms with van der Waals surface area (Å²) in [5, 5.41) is 44.7. The summed E-state index contributed by atoms with van der Waals surface area (Å²) in [6.45, 7) is 0. The normalized spacial score (nSPS) is 13.0. The summed E-state index contributed by atoms with van der Waals surface area (Å²) in [6, 6.07) is 39.1. The van der Waals surface area contributed by atoms with Crippen LogP contribution in [0.5, 0.6) is 0 Å². The Kier molecular flexibility index (Phi) is 17.7. The molecular formula is C45H46BrN13O5. The summed E-state index contributed by atoms with van der Waals surface area (Å²) in [4.78, 5) is 44.6. The van der Waals surface area contributed by atoms with Gasteiger partial charge in [0.05, 0.1) is 17.1 Å². The number of benzene rings is 3. The highest BCUT2D eigenvalue weighted by Crippen LogP contribution is 2.15. The fourth-order valence-corrected chi connectivity index (χ4v) is 6.21. The maximum atomic E-state index is 12.1. The molecule has 5 heterocycles. The molecule has 2 aliphatic rings. The van der Waals surface area contributed by atoms with Crippen LogP contribution in [0, 0.1) is 0 Å². The lowest BCUT2D eigenvalue weighted by molar-refractivity contribution is -0.132. The van der Waals surface area contributed by atoms with Crippen molar-refractivity contribution in [3.63, 3.8) is 0 Å². The Hall–Kier alpha value is -7.80. The van der Waals surface area contributed by atoms with E-state index in [2.05, 4.69) is 86.3 Å². The van der Waals surface area contributed by atoms with Crippen LogP contribution in [0.15, 0.2) is 136 Å². The van der Waals surface area contributed by atoms with Gasteiger partial charge < -0.3 is 21.9 Å². The van der Waals surface area contributed by atoms with E-state index in [0.29, 0.717) is 36.0 Å². The van der Waals surface area contributed by atoms with Gasteiger partial charge in [-0.05, 0) is 65.2 Å². The molecule has 2 aliphatic heterocycles. The third-order valence-electron chi connectivity index (χ3n) is 9.10. The molecule has 3 aromatic heterocycles. The molecule has 0 bridgehead atoms. The van der Waals surface area contributed by atoms with Crippen molar-refractivity contribution in [3.8, 4) is 0 Å². The zero-order valence-electron chi connectivity index (χ0n) is 35.1. The van der Waals surface area contributed by atoms with Gasteiger partial charge in [0.1, 0.15) is 23.1 Å². The van der Waals surface area contributed by atoms with Gasteiger partial charge in [0.25, 0.3) is 5.91 Å². The van der Waals surface area contributed by atoms with Crippen LogP contribution in [-0.4, -0.2) is 94.9 Å². The van der Waals surface area contributed by atoms with Crippen LogP contribution in [0.3, 0.4) is 0 Å². The number of amides is 3. The number of nitrogens with zero attached hydrogens (tertiary/aromatic N) is 10. The zero-order chi connectivity index (χ0) is 45.8. The molecule has 3 aromatic carbocycles. The number of carbonyl (C=O) groups excluding carboxylic acids is 3. The molecule has 0 aliphatic carbocycles. The van der Waals surface area contributed by atoms with E-state index in [1.165, 1.54) is 30.2 Å². The number of halogens is 1. The highest BCUT2D eigenvalue weighted by Gasteiger charge is 2.23. The van der Waals surface area contributed by atoms with Gasteiger partial charge in [0.2, 0.25) is 11.8 Å². The fraction of sp³-hybridized carbons (Fsp3) is 0.200.